The first-order chi connectivity index (χ1) is 10.8. The Balaban J connectivity index is 0.00000144. The molecule has 0 saturated carbocycles. The first-order valence-corrected chi connectivity index (χ1v) is 8.61. The Morgan fingerprint density at radius 1 is 1.25 bits per heavy atom. The second kappa shape index (κ2) is 10.1. The van der Waals surface area contributed by atoms with E-state index in [2.05, 4.69) is 27.7 Å². The van der Waals surface area contributed by atoms with Gasteiger partial charge in [0, 0.05) is 31.1 Å². The highest BCUT2D eigenvalue weighted by Crippen LogP contribution is 2.36. The topological polar surface area (TPSA) is 44.7 Å². The molecule has 4 nitrogen and oxygen atoms in total. The van der Waals surface area contributed by atoms with Crippen molar-refractivity contribution in [3.63, 3.8) is 0 Å². The molecule has 24 heavy (non-hydrogen) atoms. The van der Waals surface area contributed by atoms with Crippen LogP contribution in [-0.2, 0) is 0 Å². The molecule has 1 aromatic carbocycles. The number of thiophene rings is 1. The molecule has 1 aliphatic heterocycles. The number of phenols is 1. The monoisotopic (exact) mass is 390 g/mol. The van der Waals surface area contributed by atoms with Gasteiger partial charge in [-0.05, 0) is 36.1 Å². The molecule has 2 N–H and O–H groups in total. The van der Waals surface area contributed by atoms with E-state index in [9.17, 15) is 5.11 Å². The van der Waals surface area contributed by atoms with Gasteiger partial charge in [0.05, 0.1) is 12.6 Å². The second-order valence-corrected chi connectivity index (χ2v) is 6.34. The number of hydrogen-bond acceptors (Lipinski definition) is 5. The summed E-state index contributed by atoms with van der Waals surface area (Å²) in [6.45, 7) is 6.55. The van der Waals surface area contributed by atoms with E-state index in [1.54, 1.807) is 17.4 Å². The van der Waals surface area contributed by atoms with Gasteiger partial charge in [-0.25, -0.2) is 0 Å². The summed E-state index contributed by atoms with van der Waals surface area (Å²) in [5.41, 5.74) is 1.17. The standard InChI is InChI=1S/C17H22N2O2S.2ClH/c1-2-21-15-12-13(5-6-14(15)20)17(16-4-3-11-22-16)19-9-7-18-8-10-19;;/h3-6,11-12,17-18,20H,2,7-10H2,1H3;2*1H/t17-;;/m0../s1. The molecule has 1 aliphatic rings. The minimum atomic E-state index is 0. The summed E-state index contributed by atoms with van der Waals surface area (Å²) >= 11 is 1.78. The largest absolute Gasteiger partial charge is 0.504 e. The molecule has 134 valence electrons. The van der Waals surface area contributed by atoms with E-state index in [0.29, 0.717) is 12.4 Å². The second-order valence-electron chi connectivity index (χ2n) is 5.36. The number of halogens is 2. The van der Waals surface area contributed by atoms with Crippen LogP contribution in [0.5, 0.6) is 11.5 Å². The fraction of sp³-hybridized carbons (Fsp3) is 0.412. The van der Waals surface area contributed by atoms with Crippen LogP contribution in [0.1, 0.15) is 23.4 Å². The number of nitrogens with one attached hydrogen (secondary N) is 1. The Labute approximate surface area is 159 Å². The Hall–Kier alpha value is -0.980. The van der Waals surface area contributed by atoms with Gasteiger partial charge in [0.2, 0.25) is 0 Å². The van der Waals surface area contributed by atoms with Crippen LogP contribution in [0.4, 0.5) is 0 Å². The van der Waals surface area contributed by atoms with Crippen LogP contribution in [-0.4, -0.2) is 42.8 Å². The molecule has 0 amide bonds. The number of hydrogen-bond donors (Lipinski definition) is 2. The van der Waals surface area contributed by atoms with Crippen molar-refractivity contribution in [3.05, 3.63) is 46.2 Å². The maximum absolute atomic E-state index is 9.94. The molecule has 1 fully saturated rings. The molecule has 2 heterocycles. The summed E-state index contributed by atoms with van der Waals surface area (Å²) in [5, 5.41) is 15.5. The summed E-state index contributed by atoms with van der Waals surface area (Å²) in [6, 6.07) is 10.2. The van der Waals surface area contributed by atoms with Crippen molar-refractivity contribution in [3.8, 4) is 11.5 Å². The highest BCUT2D eigenvalue weighted by atomic mass is 35.5. The fourth-order valence-electron chi connectivity index (χ4n) is 2.91. The van der Waals surface area contributed by atoms with Gasteiger partial charge in [0.25, 0.3) is 0 Å². The zero-order valence-electron chi connectivity index (χ0n) is 13.6. The molecule has 7 heteroatoms. The average Bonchev–Trinajstić information content (AvgIpc) is 3.06. The third kappa shape index (κ3) is 4.77. The van der Waals surface area contributed by atoms with Crippen LogP contribution in [0.15, 0.2) is 35.7 Å². The van der Waals surface area contributed by atoms with Crippen molar-refractivity contribution in [2.45, 2.75) is 13.0 Å². The normalized spacial score (nSPS) is 15.9. The molecular weight excluding hydrogens is 367 g/mol. The summed E-state index contributed by atoms with van der Waals surface area (Å²) in [4.78, 5) is 3.82. The minimum absolute atomic E-state index is 0. The molecule has 0 unspecified atom stereocenters. The summed E-state index contributed by atoms with van der Waals surface area (Å²) in [7, 11) is 0. The summed E-state index contributed by atoms with van der Waals surface area (Å²) in [5.74, 6) is 0.771. The lowest BCUT2D eigenvalue weighted by molar-refractivity contribution is 0.200. The molecule has 2 aromatic rings. The van der Waals surface area contributed by atoms with E-state index in [1.807, 2.05) is 19.1 Å². The van der Waals surface area contributed by atoms with E-state index in [1.165, 1.54) is 10.4 Å². The maximum Gasteiger partial charge on any atom is 0.161 e. The third-order valence-corrected chi connectivity index (χ3v) is 4.85. The van der Waals surface area contributed by atoms with Gasteiger partial charge in [-0.1, -0.05) is 12.1 Å². The van der Waals surface area contributed by atoms with E-state index in [4.69, 9.17) is 4.74 Å². The van der Waals surface area contributed by atoms with Gasteiger partial charge < -0.3 is 15.2 Å². The quantitative estimate of drug-likeness (QED) is 0.816. The van der Waals surface area contributed by atoms with Gasteiger partial charge in [0.1, 0.15) is 0 Å². The van der Waals surface area contributed by atoms with Crippen molar-refractivity contribution in [1.29, 1.82) is 0 Å². The summed E-state index contributed by atoms with van der Waals surface area (Å²) in [6.07, 6.45) is 0. The van der Waals surface area contributed by atoms with Gasteiger partial charge in [-0.15, -0.1) is 36.2 Å². The molecule has 1 aromatic heterocycles. The van der Waals surface area contributed by atoms with Gasteiger partial charge >= 0.3 is 0 Å². The Morgan fingerprint density at radius 3 is 2.62 bits per heavy atom. The van der Waals surface area contributed by atoms with Crippen LogP contribution >= 0.6 is 36.2 Å². The average molecular weight is 391 g/mol. The van der Waals surface area contributed by atoms with Crippen molar-refractivity contribution >= 4 is 36.2 Å². The number of phenolic OH excluding ortho intramolecular Hbond substituents is 1. The van der Waals surface area contributed by atoms with Crippen LogP contribution in [0, 0.1) is 0 Å². The molecular formula is C17H24Cl2N2O2S. The molecule has 1 saturated heterocycles. The zero-order valence-corrected chi connectivity index (χ0v) is 16.1. The van der Waals surface area contributed by atoms with Gasteiger partial charge in [0.15, 0.2) is 11.5 Å². The van der Waals surface area contributed by atoms with E-state index in [-0.39, 0.29) is 36.6 Å². The SMILES string of the molecule is CCOc1cc([C@@H](c2cccs2)N2CCNCC2)ccc1O.Cl.Cl. The zero-order chi connectivity index (χ0) is 15.4. The molecule has 0 bridgehead atoms. The predicted octanol–water partition coefficient (Wildman–Crippen LogP) is 3.69. The molecule has 0 radical (unpaired) electrons. The first-order valence-electron chi connectivity index (χ1n) is 7.73. The fourth-order valence-corrected chi connectivity index (χ4v) is 3.80. The lowest BCUT2D eigenvalue weighted by atomic mass is 10.0. The molecule has 0 spiro atoms. The summed E-state index contributed by atoms with van der Waals surface area (Å²) < 4.78 is 5.55. The lowest BCUT2D eigenvalue weighted by Crippen LogP contribution is -2.45. The number of benzene rings is 1. The number of nitrogens with zero attached hydrogens (tertiary/aromatic N) is 1. The van der Waals surface area contributed by atoms with Crippen LogP contribution in [0.3, 0.4) is 0 Å². The lowest BCUT2D eigenvalue weighted by Gasteiger charge is -2.35. The smallest absolute Gasteiger partial charge is 0.161 e. The van der Waals surface area contributed by atoms with Crippen molar-refractivity contribution < 1.29 is 9.84 Å². The highest BCUT2D eigenvalue weighted by Gasteiger charge is 2.25. The molecule has 1 atom stereocenters. The van der Waals surface area contributed by atoms with Crippen molar-refractivity contribution in [2.24, 2.45) is 0 Å². The van der Waals surface area contributed by atoms with Crippen LogP contribution < -0.4 is 10.1 Å². The maximum atomic E-state index is 9.94. The van der Waals surface area contributed by atoms with Gasteiger partial charge in [-0.2, -0.15) is 0 Å². The Kier molecular flexibility index (Phi) is 8.87. The van der Waals surface area contributed by atoms with Gasteiger partial charge in [-0.3, -0.25) is 4.90 Å². The van der Waals surface area contributed by atoms with Crippen LogP contribution in [0.25, 0.3) is 0 Å². The van der Waals surface area contributed by atoms with Crippen LogP contribution in [0.2, 0.25) is 0 Å². The van der Waals surface area contributed by atoms with E-state index >= 15 is 0 Å². The number of rotatable bonds is 5. The molecule has 3 rings (SSSR count). The number of aromatic hydroxyl groups is 1. The van der Waals surface area contributed by atoms with Crippen molar-refractivity contribution in [1.82, 2.24) is 10.2 Å². The van der Waals surface area contributed by atoms with E-state index in [0.717, 1.165) is 26.2 Å². The van der Waals surface area contributed by atoms with E-state index < -0.39 is 0 Å². The molecule has 0 aliphatic carbocycles. The minimum Gasteiger partial charge on any atom is -0.504 e. The first kappa shape index (κ1) is 21.1. The highest BCUT2D eigenvalue weighted by molar-refractivity contribution is 7.10. The Morgan fingerprint density at radius 2 is 2.00 bits per heavy atom. The number of ether oxygens (including phenoxy) is 1. The predicted molar refractivity (Wildman–Crippen MR) is 104 cm³/mol. The number of piperazine rings is 1. The Bertz CT molecular complexity index is 605. The van der Waals surface area contributed by atoms with Crippen molar-refractivity contribution in [2.75, 3.05) is 32.8 Å². The third-order valence-electron chi connectivity index (χ3n) is 3.93.